The molecule has 0 heterocycles. The molecule has 1 heteroatoms. The van der Waals surface area contributed by atoms with E-state index in [0.29, 0.717) is 10.3 Å². The van der Waals surface area contributed by atoms with Gasteiger partial charge in [0, 0.05) is 10.3 Å². The molecule has 0 nitrogen and oxygen atoms in total. The monoisotopic (exact) mass is 218 g/mol. The zero-order valence-electron chi connectivity index (χ0n) is 9.53. The summed E-state index contributed by atoms with van der Waals surface area (Å²) in [7, 11) is 0.933. The minimum Gasteiger partial charge on any atom is -0.0931 e. The fraction of sp³-hybridized carbons (Fsp3) is 0.429. The largest absolute Gasteiger partial charge is 0.0931 e. The molecule has 2 rings (SSSR count). The average Bonchev–Trinajstić information content (AvgIpc) is 2.89. The Hall–Kier alpha value is -0.610. The van der Waals surface area contributed by atoms with Gasteiger partial charge in [0.15, 0.2) is 0 Å². The van der Waals surface area contributed by atoms with Crippen LogP contribution in [0.4, 0.5) is 0 Å². The summed E-state index contributed by atoms with van der Waals surface area (Å²) in [5, 5.41) is 0.657. The first-order chi connectivity index (χ1) is 7.24. The number of hydrogen-bond donors (Lipinski definition) is 0. The first-order valence-electron chi connectivity index (χ1n) is 5.78. The fourth-order valence-electron chi connectivity index (χ4n) is 2.27. The van der Waals surface area contributed by atoms with E-state index in [-0.39, 0.29) is 0 Å². The van der Waals surface area contributed by atoms with E-state index in [1.54, 1.807) is 0 Å². The van der Waals surface area contributed by atoms with Crippen molar-refractivity contribution in [3.8, 4) is 0 Å². The molecule has 15 heavy (non-hydrogen) atoms. The van der Waals surface area contributed by atoms with Gasteiger partial charge in [0.2, 0.25) is 0 Å². The van der Waals surface area contributed by atoms with Gasteiger partial charge in [-0.1, -0.05) is 71.0 Å². The molecule has 0 saturated heterocycles. The van der Waals surface area contributed by atoms with E-state index in [1.807, 2.05) is 0 Å². The molecule has 0 aromatic heterocycles. The van der Waals surface area contributed by atoms with Crippen LogP contribution in [0.15, 0.2) is 48.6 Å². The van der Waals surface area contributed by atoms with Crippen LogP contribution < -0.4 is 0 Å². The molecule has 0 aromatic carbocycles. The highest BCUT2D eigenvalue weighted by Gasteiger charge is 2.34. The van der Waals surface area contributed by atoms with E-state index >= 15 is 0 Å². The smallest absolute Gasteiger partial charge is 0.0248 e. The lowest BCUT2D eigenvalue weighted by atomic mass is 10.1. The molecule has 2 aliphatic carbocycles. The maximum Gasteiger partial charge on any atom is 0.0248 e. The van der Waals surface area contributed by atoms with Gasteiger partial charge in [-0.15, -0.1) is 0 Å². The molecule has 2 aliphatic rings. The second-order valence-corrected chi connectivity index (χ2v) is 6.46. The predicted octanol–water partition coefficient (Wildman–Crippen LogP) is 4.21. The van der Waals surface area contributed by atoms with Gasteiger partial charge in [-0.2, -0.15) is 0 Å². The van der Waals surface area contributed by atoms with Gasteiger partial charge in [0.05, 0.1) is 0 Å². The van der Waals surface area contributed by atoms with Crippen molar-refractivity contribution in [1.82, 2.24) is 0 Å². The number of allylic oxidation sites excluding steroid dienone is 8. The van der Waals surface area contributed by atoms with Gasteiger partial charge in [-0.3, -0.25) is 0 Å². The Kier molecular flexibility index (Phi) is 2.98. The van der Waals surface area contributed by atoms with Crippen molar-refractivity contribution in [2.24, 2.45) is 0 Å². The lowest BCUT2D eigenvalue weighted by Gasteiger charge is -2.34. The summed E-state index contributed by atoms with van der Waals surface area (Å²) in [6.45, 7) is 4.58. The molecular formula is C14H19P. The third-order valence-electron chi connectivity index (χ3n) is 3.43. The first kappa shape index (κ1) is 10.9. The lowest BCUT2D eigenvalue weighted by molar-refractivity contribution is 0.773. The fourth-order valence-corrected chi connectivity index (χ4v) is 4.21. The Morgan fingerprint density at radius 1 is 0.733 bits per heavy atom. The summed E-state index contributed by atoms with van der Waals surface area (Å²) >= 11 is 0. The van der Waals surface area contributed by atoms with Crippen molar-refractivity contribution in [3.63, 3.8) is 0 Å². The van der Waals surface area contributed by atoms with Crippen LogP contribution in [0.5, 0.6) is 0 Å². The average molecular weight is 218 g/mol. The normalized spacial score (nSPS) is 24.1. The van der Waals surface area contributed by atoms with Gasteiger partial charge in [0.1, 0.15) is 0 Å². The van der Waals surface area contributed by atoms with Crippen molar-refractivity contribution in [3.05, 3.63) is 48.6 Å². The van der Waals surface area contributed by atoms with Crippen molar-refractivity contribution >= 4 is 8.58 Å². The van der Waals surface area contributed by atoms with Gasteiger partial charge >= 0.3 is 0 Å². The molecule has 0 amide bonds. The second kappa shape index (κ2) is 4.10. The molecule has 0 bridgehead atoms. The van der Waals surface area contributed by atoms with E-state index < -0.39 is 0 Å². The van der Waals surface area contributed by atoms with Crippen LogP contribution >= 0.6 is 8.58 Å². The molecule has 0 aromatic rings. The van der Waals surface area contributed by atoms with Crippen LogP contribution in [0.2, 0.25) is 0 Å². The van der Waals surface area contributed by atoms with Crippen LogP contribution in [0.25, 0.3) is 0 Å². The minimum absolute atomic E-state index is 0.328. The molecule has 0 N–H and O–H groups in total. The molecule has 0 atom stereocenters. The number of rotatable bonds is 4. The maximum atomic E-state index is 2.38. The van der Waals surface area contributed by atoms with E-state index in [4.69, 9.17) is 0 Å². The summed E-state index contributed by atoms with van der Waals surface area (Å²) in [4.78, 5) is 0. The summed E-state index contributed by atoms with van der Waals surface area (Å²) in [6.07, 6.45) is 20.7. The third-order valence-corrected chi connectivity index (χ3v) is 5.74. The van der Waals surface area contributed by atoms with E-state index in [0.717, 1.165) is 8.58 Å². The Balaban J connectivity index is 2.19. The van der Waals surface area contributed by atoms with Crippen LogP contribution in [0, 0.1) is 0 Å². The Labute approximate surface area is 94.6 Å². The van der Waals surface area contributed by atoms with Gasteiger partial charge in [-0.25, -0.2) is 0 Å². The Bertz CT molecular complexity index is 286. The van der Waals surface area contributed by atoms with E-state index in [2.05, 4.69) is 62.5 Å². The Morgan fingerprint density at radius 2 is 1.07 bits per heavy atom. The quantitative estimate of drug-likeness (QED) is 0.620. The predicted molar refractivity (Wildman–Crippen MR) is 70.9 cm³/mol. The molecule has 0 radical (unpaired) electrons. The summed E-state index contributed by atoms with van der Waals surface area (Å²) in [6, 6.07) is 0. The van der Waals surface area contributed by atoms with Gasteiger partial charge in [-0.05, 0) is 12.8 Å². The second-order valence-electron chi connectivity index (χ2n) is 4.35. The molecule has 0 unspecified atom stereocenters. The zero-order valence-corrected chi connectivity index (χ0v) is 10.5. The first-order valence-corrected chi connectivity index (χ1v) is 6.78. The highest BCUT2D eigenvalue weighted by Crippen LogP contribution is 2.53. The summed E-state index contributed by atoms with van der Waals surface area (Å²) in [5.41, 5.74) is 0. The summed E-state index contributed by atoms with van der Waals surface area (Å²) < 4.78 is 0. The van der Waals surface area contributed by atoms with Crippen LogP contribution in [-0.2, 0) is 0 Å². The highest BCUT2D eigenvalue weighted by molar-refractivity contribution is 7.43. The van der Waals surface area contributed by atoms with Crippen molar-refractivity contribution < 1.29 is 0 Å². The minimum atomic E-state index is 0.328. The van der Waals surface area contributed by atoms with Gasteiger partial charge < -0.3 is 0 Å². The maximum absolute atomic E-state index is 2.38. The van der Waals surface area contributed by atoms with Crippen LogP contribution in [0.3, 0.4) is 0 Å². The third kappa shape index (κ3) is 2.01. The molecule has 0 aliphatic heterocycles. The molecular weight excluding hydrogens is 199 g/mol. The zero-order chi connectivity index (χ0) is 10.8. The molecule has 0 fully saturated rings. The van der Waals surface area contributed by atoms with Crippen molar-refractivity contribution in [2.75, 3.05) is 0 Å². The molecule has 80 valence electrons. The van der Waals surface area contributed by atoms with Crippen molar-refractivity contribution in [2.45, 2.75) is 37.0 Å². The molecule has 0 spiro atoms. The van der Waals surface area contributed by atoms with Crippen LogP contribution in [0.1, 0.15) is 26.7 Å². The SMILES string of the molecule is CCC1(PC2(CC)C=CC=C2)C=CC=C1. The van der Waals surface area contributed by atoms with Crippen LogP contribution in [-0.4, -0.2) is 10.3 Å². The summed E-state index contributed by atoms with van der Waals surface area (Å²) in [5.74, 6) is 0. The lowest BCUT2D eigenvalue weighted by Crippen LogP contribution is -2.24. The topological polar surface area (TPSA) is 0 Å². The van der Waals surface area contributed by atoms with E-state index in [1.165, 1.54) is 12.8 Å². The van der Waals surface area contributed by atoms with E-state index in [9.17, 15) is 0 Å². The Morgan fingerprint density at radius 3 is 1.33 bits per heavy atom. The number of hydrogen-bond acceptors (Lipinski definition) is 0. The van der Waals surface area contributed by atoms with Crippen molar-refractivity contribution in [1.29, 1.82) is 0 Å². The highest BCUT2D eigenvalue weighted by atomic mass is 31.1. The standard InChI is InChI=1S/C14H19P/c1-3-13(9-5-6-10-13)15-14(4-2)11-7-8-12-14/h5-12,15H,3-4H2,1-2H3. The molecule has 0 saturated carbocycles. The van der Waals surface area contributed by atoms with Gasteiger partial charge in [0.25, 0.3) is 0 Å².